The average molecular weight is 494 g/mol. The van der Waals surface area contributed by atoms with Crippen molar-refractivity contribution in [3.8, 4) is 0 Å². The van der Waals surface area contributed by atoms with Crippen molar-refractivity contribution in [1.82, 2.24) is 4.90 Å². The third kappa shape index (κ3) is 5.23. The maximum absolute atomic E-state index is 13.1. The molecule has 182 valence electrons. The molecule has 0 radical (unpaired) electrons. The molecule has 9 heteroatoms. The van der Waals surface area contributed by atoms with Crippen molar-refractivity contribution in [2.24, 2.45) is 16.6 Å². The van der Waals surface area contributed by atoms with E-state index in [-0.39, 0.29) is 18.3 Å². The Morgan fingerprint density at radius 1 is 1.18 bits per heavy atom. The molecule has 2 aromatic rings. The summed E-state index contributed by atoms with van der Waals surface area (Å²) < 4.78 is 44.0. The van der Waals surface area contributed by atoms with E-state index in [1.54, 1.807) is 4.90 Å². The predicted octanol–water partition coefficient (Wildman–Crippen LogP) is 5.14. The first-order chi connectivity index (χ1) is 16.1. The Morgan fingerprint density at radius 2 is 1.85 bits per heavy atom. The third-order valence-corrected chi connectivity index (χ3v) is 7.00. The first-order valence-corrected chi connectivity index (χ1v) is 11.6. The second-order valence-corrected chi connectivity index (χ2v) is 9.51. The minimum Gasteiger partial charge on any atom is -0.381 e. The van der Waals surface area contributed by atoms with Crippen molar-refractivity contribution >= 4 is 23.5 Å². The van der Waals surface area contributed by atoms with Gasteiger partial charge in [-0.1, -0.05) is 41.9 Å². The van der Waals surface area contributed by atoms with Gasteiger partial charge in [-0.3, -0.25) is 9.69 Å². The van der Waals surface area contributed by atoms with Crippen LogP contribution in [0.25, 0.3) is 0 Å². The number of nitrogens with two attached hydrogens (primary N) is 1. The molecular formula is C25H27ClF3N3O2. The van der Waals surface area contributed by atoms with E-state index in [0.717, 1.165) is 30.5 Å². The van der Waals surface area contributed by atoms with Crippen LogP contribution in [0.2, 0.25) is 5.02 Å². The van der Waals surface area contributed by atoms with Crippen molar-refractivity contribution in [3.63, 3.8) is 0 Å². The van der Waals surface area contributed by atoms with Gasteiger partial charge in [0.05, 0.1) is 17.5 Å². The molecule has 0 aliphatic carbocycles. The number of aliphatic imine (C=N–C) groups is 1. The molecule has 1 atom stereocenters. The molecule has 2 aliphatic rings. The maximum Gasteiger partial charge on any atom is 0.416 e. The Kier molecular flexibility index (Phi) is 6.92. The Hall–Kier alpha value is -2.58. The van der Waals surface area contributed by atoms with Gasteiger partial charge in [0.25, 0.3) is 0 Å². The SMILES string of the molecule is C[C@@]1(c2cccc(Cc3ccc(C(F)(F)F)cc3)c2Cl)CC(=O)N(CC2CCOCC2)C(N)=N1. The van der Waals surface area contributed by atoms with Gasteiger partial charge in [-0.05, 0) is 60.9 Å². The lowest BCUT2D eigenvalue weighted by molar-refractivity contribution is -0.137. The number of hydrogen-bond donors (Lipinski definition) is 1. The second kappa shape index (κ2) is 9.58. The summed E-state index contributed by atoms with van der Waals surface area (Å²) in [4.78, 5) is 19.3. The maximum atomic E-state index is 13.1. The lowest BCUT2D eigenvalue weighted by Gasteiger charge is -2.38. The van der Waals surface area contributed by atoms with Crippen LogP contribution in [0, 0.1) is 5.92 Å². The van der Waals surface area contributed by atoms with Crippen molar-refractivity contribution in [3.05, 3.63) is 69.7 Å². The van der Waals surface area contributed by atoms with Gasteiger partial charge in [-0.15, -0.1) is 0 Å². The van der Waals surface area contributed by atoms with Gasteiger partial charge in [0.2, 0.25) is 5.91 Å². The van der Waals surface area contributed by atoms with E-state index in [4.69, 9.17) is 22.1 Å². The van der Waals surface area contributed by atoms with Crippen LogP contribution in [0.1, 0.15) is 48.4 Å². The van der Waals surface area contributed by atoms with E-state index < -0.39 is 17.3 Å². The van der Waals surface area contributed by atoms with Crippen molar-refractivity contribution in [2.75, 3.05) is 19.8 Å². The molecule has 34 heavy (non-hydrogen) atoms. The van der Waals surface area contributed by atoms with Crippen LogP contribution < -0.4 is 5.73 Å². The topological polar surface area (TPSA) is 67.9 Å². The summed E-state index contributed by atoms with van der Waals surface area (Å²) >= 11 is 6.74. The molecule has 0 saturated carbocycles. The van der Waals surface area contributed by atoms with Crippen LogP contribution >= 0.6 is 11.6 Å². The lowest BCUT2D eigenvalue weighted by Crippen LogP contribution is -2.51. The van der Waals surface area contributed by atoms with Gasteiger partial charge in [0.15, 0.2) is 5.96 Å². The normalized spacial score (nSPS) is 22.1. The number of amides is 1. The number of alkyl halides is 3. The van der Waals surface area contributed by atoms with Gasteiger partial charge in [-0.2, -0.15) is 13.2 Å². The number of nitrogens with zero attached hydrogens (tertiary/aromatic N) is 2. The molecule has 0 unspecified atom stereocenters. The van der Waals surface area contributed by atoms with Crippen molar-refractivity contribution in [1.29, 1.82) is 0 Å². The van der Waals surface area contributed by atoms with E-state index in [1.165, 1.54) is 12.1 Å². The Balaban J connectivity index is 1.56. The molecule has 0 bridgehead atoms. The highest BCUT2D eigenvalue weighted by atomic mass is 35.5. The largest absolute Gasteiger partial charge is 0.416 e. The molecule has 2 N–H and O–H groups in total. The monoisotopic (exact) mass is 493 g/mol. The standard InChI is InChI=1S/C25H27ClF3N3O2/c1-24(14-21(33)32(23(30)31-24)15-17-9-11-34-12-10-17)20-4-2-3-18(22(20)26)13-16-5-7-19(8-6-16)25(27,28)29/h2-8,17H,9-15H2,1H3,(H2,30,31)/t24-/m0/s1. The zero-order chi connectivity index (χ0) is 24.5. The number of ether oxygens (including phenoxy) is 1. The van der Waals surface area contributed by atoms with Crippen molar-refractivity contribution in [2.45, 2.75) is 44.3 Å². The van der Waals surface area contributed by atoms with Gasteiger partial charge in [0.1, 0.15) is 0 Å². The van der Waals surface area contributed by atoms with Gasteiger partial charge in [-0.25, -0.2) is 4.99 Å². The van der Waals surface area contributed by atoms with Crippen LogP contribution in [0.5, 0.6) is 0 Å². The summed E-state index contributed by atoms with van der Waals surface area (Å²) in [6.07, 6.45) is -2.14. The quantitative estimate of drug-likeness (QED) is 0.627. The third-order valence-electron chi connectivity index (χ3n) is 6.55. The summed E-state index contributed by atoms with van der Waals surface area (Å²) in [5.74, 6) is 0.395. The molecule has 1 saturated heterocycles. The summed E-state index contributed by atoms with van der Waals surface area (Å²) in [6.45, 7) is 3.72. The molecule has 4 rings (SSSR count). The summed E-state index contributed by atoms with van der Waals surface area (Å²) in [5.41, 5.74) is 6.73. The molecular weight excluding hydrogens is 467 g/mol. The van der Waals surface area contributed by atoms with Crippen LogP contribution in [0.3, 0.4) is 0 Å². The number of rotatable bonds is 5. The van der Waals surface area contributed by atoms with Crippen molar-refractivity contribution < 1.29 is 22.7 Å². The van der Waals surface area contributed by atoms with E-state index in [2.05, 4.69) is 4.99 Å². The summed E-state index contributed by atoms with van der Waals surface area (Å²) in [5, 5.41) is 0.437. The molecule has 0 aromatic heterocycles. The van der Waals surface area contributed by atoms with E-state index in [0.29, 0.717) is 48.2 Å². The van der Waals surface area contributed by atoms with Crippen LogP contribution in [0.4, 0.5) is 13.2 Å². The van der Waals surface area contributed by atoms with Crippen LogP contribution in [0.15, 0.2) is 47.5 Å². The number of carbonyl (C=O) groups is 1. The molecule has 2 aromatic carbocycles. The average Bonchev–Trinajstić information content (AvgIpc) is 2.78. The molecule has 2 heterocycles. The predicted molar refractivity (Wildman–Crippen MR) is 125 cm³/mol. The smallest absolute Gasteiger partial charge is 0.381 e. The summed E-state index contributed by atoms with van der Waals surface area (Å²) in [6, 6.07) is 10.5. The van der Waals surface area contributed by atoms with E-state index >= 15 is 0 Å². The van der Waals surface area contributed by atoms with Crippen LogP contribution in [-0.4, -0.2) is 36.5 Å². The fourth-order valence-electron chi connectivity index (χ4n) is 4.57. The number of guanidine groups is 1. The Labute approximate surface area is 201 Å². The molecule has 0 spiro atoms. The zero-order valence-corrected chi connectivity index (χ0v) is 19.6. The Bertz CT molecular complexity index is 1080. The minimum absolute atomic E-state index is 0.106. The first-order valence-electron chi connectivity index (χ1n) is 11.2. The fraction of sp³-hybridized carbons (Fsp3) is 0.440. The van der Waals surface area contributed by atoms with Gasteiger partial charge < -0.3 is 10.5 Å². The summed E-state index contributed by atoms with van der Waals surface area (Å²) in [7, 11) is 0. The minimum atomic E-state index is -4.38. The number of hydrogen-bond acceptors (Lipinski definition) is 4. The molecule has 2 aliphatic heterocycles. The molecule has 1 amide bonds. The number of carbonyl (C=O) groups excluding carboxylic acids is 1. The highest BCUT2D eigenvalue weighted by Gasteiger charge is 2.39. The van der Waals surface area contributed by atoms with E-state index in [1.807, 2.05) is 25.1 Å². The van der Waals surface area contributed by atoms with Crippen LogP contribution in [-0.2, 0) is 27.7 Å². The number of benzene rings is 2. The Morgan fingerprint density at radius 3 is 2.47 bits per heavy atom. The first kappa shape index (κ1) is 24.5. The van der Waals surface area contributed by atoms with E-state index in [9.17, 15) is 18.0 Å². The lowest BCUT2D eigenvalue weighted by atomic mass is 9.85. The highest BCUT2D eigenvalue weighted by Crippen LogP contribution is 2.39. The number of halogens is 4. The zero-order valence-electron chi connectivity index (χ0n) is 18.9. The molecule has 1 fully saturated rings. The van der Waals surface area contributed by atoms with Gasteiger partial charge in [0, 0.05) is 24.8 Å². The highest BCUT2D eigenvalue weighted by molar-refractivity contribution is 6.32. The second-order valence-electron chi connectivity index (χ2n) is 9.13. The fourth-order valence-corrected chi connectivity index (χ4v) is 4.97. The molecule has 5 nitrogen and oxygen atoms in total. The van der Waals surface area contributed by atoms with Gasteiger partial charge >= 0.3 is 6.18 Å².